The molecule has 0 bridgehead atoms. The molecular weight excluding hydrogens is 222 g/mol. The summed E-state index contributed by atoms with van der Waals surface area (Å²) in [5, 5.41) is 0. The third kappa shape index (κ3) is 3.30. The molecule has 0 radical (unpaired) electrons. The van der Waals surface area contributed by atoms with Gasteiger partial charge in [0.15, 0.2) is 0 Å². The summed E-state index contributed by atoms with van der Waals surface area (Å²) >= 11 is 0. The third-order valence-corrected chi connectivity index (χ3v) is 3.94. The van der Waals surface area contributed by atoms with Crippen molar-refractivity contribution in [1.82, 2.24) is 14.8 Å². The topological polar surface area (TPSA) is 19.4 Å². The number of likely N-dealkylation sites (N-methyl/N-ethyl adjacent to an activating group) is 1. The summed E-state index contributed by atoms with van der Waals surface area (Å²) in [6, 6.07) is 5.04. The van der Waals surface area contributed by atoms with Crippen molar-refractivity contribution in [3.63, 3.8) is 0 Å². The molecule has 2 heterocycles. The molecule has 0 N–H and O–H groups in total. The number of pyridine rings is 1. The van der Waals surface area contributed by atoms with Crippen LogP contribution in [0.5, 0.6) is 0 Å². The normalized spacial score (nSPS) is 22.6. The van der Waals surface area contributed by atoms with Gasteiger partial charge in [-0.25, -0.2) is 0 Å². The largest absolute Gasteiger partial charge is 0.301 e. The maximum absolute atomic E-state index is 4.58. The molecule has 0 aromatic carbocycles. The van der Waals surface area contributed by atoms with Gasteiger partial charge in [-0.2, -0.15) is 0 Å². The summed E-state index contributed by atoms with van der Waals surface area (Å²) in [5.41, 5.74) is 2.52. The SMILES string of the molecule is CC(C)c1ccc(CN2CCN(C)C(C)C2)nc1. The number of hydrogen-bond donors (Lipinski definition) is 0. The van der Waals surface area contributed by atoms with Crippen molar-refractivity contribution >= 4 is 0 Å². The molecule has 3 heteroatoms. The highest BCUT2D eigenvalue weighted by atomic mass is 15.3. The second-order valence-corrected chi connectivity index (χ2v) is 5.80. The summed E-state index contributed by atoms with van der Waals surface area (Å²) in [7, 11) is 2.21. The smallest absolute Gasteiger partial charge is 0.0544 e. The Labute approximate surface area is 111 Å². The highest BCUT2D eigenvalue weighted by Gasteiger charge is 2.20. The minimum absolute atomic E-state index is 0.565. The van der Waals surface area contributed by atoms with Crippen molar-refractivity contribution in [1.29, 1.82) is 0 Å². The van der Waals surface area contributed by atoms with E-state index in [4.69, 9.17) is 0 Å². The Balaban J connectivity index is 1.93. The summed E-state index contributed by atoms with van der Waals surface area (Å²) in [5.74, 6) is 0.565. The first-order chi connectivity index (χ1) is 8.56. The maximum atomic E-state index is 4.58. The van der Waals surface area contributed by atoms with Crippen molar-refractivity contribution in [3.05, 3.63) is 29.6 Å². The van der Waals surface area contributed by atoms with Crippen LogP contribution < -0.4 is 0 Å². The van der Waals surface area contributed by atoms with Gasteiger partial charge in [0.25, 0.3) is 0 Å². The van der Waals surface area contributed by atoms with Gasteiger partial charge in [0.2, 0.25) is 0 Å². The minimum atomic E-state index is 0.565. The van der Waals surface area contributed by atoms with Gasteiger partial charge in [0, 0.05) is 38.4 Å². The molecule has 1 atom stereocenters. The molecule has 1 unspecified atom stereocenters. The van der Waals surface area contributed by atoms with Gasteiger partial charge < -0.3 is 4.90 Å². The van der Waals surface area contributed by atoms with E-state index in [2.05, 4.69) is 54.7 Å². The lowest BCUT2D eigenvalue weighted by Gasteiger charge is -2.37. The molecule has 1 aliphatic rings. The van der Waals surface area contributed by atoms with Gasteiger partial charge in [0.1, 0.15) is 0 Å². The summed E-state index contributed by atoms with van der Waals surface area (Å²) < 4.78 is 0. The Kier molecular flexibility index (Phi) is 4.36. The predicted molar refractivity (Wildman–Crippen MR) is 75.7 cm³/mol. The number of rotatable bonds is 3. The van der Waals surface area contributed by atoms with Crippen LogP contribution in [0.2, 0.25) is 0 Å². The molecule has 1 aromatic rings. The van der Waals surface area contributed by atoms with E-state index in [1.54, 1.807) is 0 Å². The summed E-state index contributed by atoms with van der Waals surface area (Å²) in [4.78, 5) is 9.51. The highest BCUT2D eigenvalue weighted by molar-refractivity contribution is 5.17. The van der Waals surface area contributed by atoms with Crippen LogP contribution in [0.4, 0.5) is 0 Å². The van der Waals surface area contributed by atoms with E-state index in [0.717, 1.165) is 26.2 Å². The van der Waals surface area contributed by atoms with E-state index in [1.165, 1.54) is 11.3 Å². The fourth-order valence-corrected chi connectivity index (χ4v) is 2.37. The minimum Gasteiger partial charge on any atom is -0.301 e. The Morgan fingerprint density at radius 1 is 1.33 bits per heavy atom. The Bertz CT molecular complexity index is 372. The van der Waals surface area contributed by atoms with Crippen molar-refractivity contribution in [3.8, 4) is 0 Å². The Hall–Kier alpha value is -0.930. The first-order valence-corrected chi connectivity index (χ1v) is 6.93. The van der Waals surface area contributed by atoms with E-state index >= 15 is 0 Å². The Morgan fingerprint density at radius 3 is 2.67 bits per heavy atom. The third-order valence-electron chi connectivity index (χ3n) is 3.94. The van der Waals surface area contributed by atoms with Crippen LogP contribution in [0.1, 0.15) is 37.9 Å². The fraction of sp³-hybridized carbons (Fsp3) is 0.667. The van der Waals surface area contributed by atoms with Crippen LogP contribution in [0, 0.1) is 0 Å². The molecule has 3 nitrogen and oxygen atoms in total. The van der Waals surface area contributed by atoms with Crippen molar-refractivity contribution in [2.75, 3.05) is 26.7 Å². The van der Waals surface area contributed by atoms with E-state index in [-0.39, 0.29) is 0 Å². The zero-order valence-corrected chi connectivity index (χ0v) is 12.1. The molecule has 0 spiro atoms. The van der Waals surface area contributed by atoms with Crippen LogP contribution in [0.15, 0.2) is 18.3 Å². The first-order valence-electron chi connectivity index (χ1n) is 6.93. The van der Waals surface area contributed by atoms with Crippen molar-refractivity contribution in [2.45, 2.75) is 39.3 Å². The monoisotopic (exact) mass is 247 g/mol. The molecule has 1 aromatic heterocycles. The second kappa shape index (κ2) is 5.81. The van der Waals surface area contributed by atoms with E-state index in [0.29, 0.717) is 12.0 Å². The maximum Gasteiger partial charge on any atom is 0.0544 e. The lowest BCUT2D eigenvalue weighted by atomic mass is 10.1. The van der Waals surface area contributed by atoms with Gasteiger partial charge >= 0.3 is 0 Å². The van der Waals surface area contributed by atoms with Crippen LogP contribution in [0.3, 0.4) is 0 Å². The van der Waals surface area contributed by atoms with E-state index in [1.807, 2.05) is 6.20 Å². The van der Waals surface area contributed by atoms with Gasteiger partial charge in [-0.15, -0.1) is 0 Å². The first kappa shape index (κ1) is 13.5. The summed E-state index contributed by atoms with van der Waals surface area (Å²) in [6.45, 7) is 11.1. The molecular formula is C15H25N3. The molecule has 1 saturated heterocycles. The molecule has 1 aliphatic heterocycles. The Morgan fingerprint density at radius 2 is 2.11 bits per heavy atom. The number of hydrogen-bond acceptors (Lipinski definition) is 3. The van der Waals surface area contributed by atoms with E-state index < -0.39 is 0 Å². The average molecular weight is 247 g/mol. The van der Waals surface area contributed by atoms with E-state index in [9.17, 15) is 0 Å². The zero-order valence-electron chi connectivity index (χ0n) is 12.1. The molecule has 0 amide bonds. The van der Waals surface area contributed by atoms with Gasteiger partial charge in [-0.1, -0.05) is 19.9 Å². The van der Waals surface area contributed by atoms with Crippen LogP contribution >= 0.6 is 0 Å². The molecule has 1 fully saturated rings. The van der Waals surface area contributed by atoms with Crippen molar-refractivity contribution in [2.24, 2.45) is 0 Å². The van der Waals surface area contributed by atoms with Crippen LogP contribution in [0.25, 0.3) is 0 Å². The number of piperazine rings is 1. The fourth-order valence-electron chi connectivity index (χ4n) is 2.37. The van der Waals surface area contributed by atoms with Gasteiger partial charge in [-0.3, -0.25) is 9.88 Å². The summed E-state index contributed by atoms with van der Waals surface area (Å²) in [6.07, 6.45) is 2.03. The van der Waals surface area contributed by atoms with Crippen molar-refractivity contribution < 1.29 is 0 Å². The number of nitrogens with zero attached hydrogens (tertiary/aromatic N) is 3. The molecule has 0 aliphatic carbocycles. The van der Waals surface area contributed by atoms with Crippen LogP contribution in [-0.4, -0.2) is 47.5 Å². The zero-order chi connectivity index (χ0) is 13.1. The lowest BCUT2D eigenvalue weighted by Crippen LogP contribution is -2.49. The molecule has 2 rings (SSSR count). The van der Waals surface area contributed by atoms with Gasteiger partial charge in [-0.05, 0) is 31.5 Å². The average Bonchev–Trinajstić information content (AvgIpc) is 2.34. The lowest BCUT2D eigenvalue weighted by molar-refractivity contribution is 0.0990. The molecule has 18 heavy (non-hydrogen) atoms. The highest BCUT2D eigenvalue weighted by Crippen LogP contribution is 2.14. The molecule has 0 saturated carbocycles. The number of aromatic nitrogens is 1. The molecule has 100 valence electrons. The van der Waals surface area contributed by atoms with Gasteiger partial charge in [0.05, 0.1) is 5.69 Å². The quantitative estimate of drug-likeness (QED) is 0.817. The van der Waals surface area contributed by atoms with Crippen LogP contribution in [-0.2, 0) is 6.54 Å². The standard InChI is InChI=1S/C15H25N3/c1-12(2)14-5-6-15(16-9-14)11-18-8-7-17(4)13(3)10-18/h5-6,9,12-13H,7-8,10-11H2,1-4H3. The predicted octanol–water partition coefficient (Wildman–Crippen LogP) is 2.34. The second-order valence-electron chi connectivity index (χ2n) is 5.80.